The SMILES string of the molecule is NC1C(=O)Nc2cc(-n3ncc4ccccc43)c(Br)cc21. The molecule has 0 saturated heterocycles. The number of hydrogen-bond acceptors (Lipinski definition) is 3. The predicted octanol–water partition coefficient (Wildman–Crippen LogP) is 2.74. The van der Waals surface area contributed by atoms with Crippen LogP contribution in [-0.4, -0.2) is 15.7 Å². The van der Waals surface area contributed by atoms with Gasteiger partial charge in [-0.15, -0.1) is 0 Å². The van der Waals surface area contributed by atoms with Crippen LogP contribution in [0.3, 0.4) is 0 Å². The smallest absolute Gasteiger partial charge is 0.245 e. The van der Waals surface area contributed by atoms with E-state index in [1.807, 2.05) is 47.3 Å². The van der Waals surface area contributed by atoms with Crippen LogP contribution >= 0.6 is 15.9 Å². The van der Waals surface area contributed by atoms with Crippen LogP contribution in [0.15, 0.2) is 47.1 Å². The van der Waals surface area contributed by atoms with Crippen molar-refractivity contribution in [2.75, 3.05) is 5.32 Å². The molecule has 104 valence electrons. The number of hydrogen-bond donors (Lipinski definition) is 2. The molecule has 4 rings (SSSR count). The van der Waals surface area contributed by atoms with Gasteiger partial charge in [0.15, 0.2) is 0 Å². The number of rotatable bonds is 1. The number of anilines is 1. The number of benzene rings is 2. The minimum Gasteiger partial charge on any atom is -0.324 e. The quantitative estimate of drug-likeness (QED) is 0.714. The van der Waals surface area contributed by atoms with Gasteiger partial charge in [0.25, 0.3) is 0 Å². The Bertz CT molecular complexity index is 887. The number of para-hydroxylation sites is 1. The zero-order valence-corrected chi connectivity index (χ0v) is 12.5. The van der Waals surface area contributed by atoms with Gasteiger partial charge in [-0.05, 0) is 34.1 Å². The Labute approximate surface area is 128 Å². The van der Waals surface area contributed by atoms with Crippen LogP contribution in [0.25, 0.3) is 16.6 Å². The summed E-state index contributed by atoms with van der Waals surface area (Å²) in [7, 11) is 0. The van der Waals surface area contributed by atoms with Gasteiger partial charge in [0.05, 0.1) is 17.4 Å². The third kappa shape index (κ3) is 1.80. The summed E-state index contributed by atoms with van der Waals surface area (Å²) in [5.41, 5.74) is 9.27. The third-order valence-corrected chi connectivity index (χ3v) is 4.33. The van der Waals surface area contributed by atoms with Crippen molar-refractivity contribution in [3.05, 3.63) is 52.6 Å². The number of fused-ring (bicyclic) bond motifs is 2. The molecule has 0 spiro atoms. The molecule has 0 radical (unpaired) electrons. The normalized spacial score (nSPS) is 17.0. The molecular formula is C15H11BrN4O. The molecule has 6 heteroatoms. The van der Waals surface area contributed by atoms with Gasteiger partial charge >= 0.3 is 0 Å². The standard InChI is InChI=1S/C15H11BrN4O/c16-10-5-9-11(19-15(21)14(9)17)6-13(10)20-12-4-2-1-3-8(12)7-18-20/h1-7,14H,17H2,(H,19,21). The molecule has 1 aromatic heterocycles. The molecule has 1 aliphatic heterocycles. The van der Waals surface area contributed by atoms with Crippen LogP contribution in [0.1, 0.15) is 11.6 Å². The Morgan fingerprint density at radius 3 is 2.95 bits per heavy atom. The molecule has 1 amide bonds. The molecule has 2 aromatic carbocycles. The average molecular weight is 343 g/mol. The second-order valence-electron chi connectivity index (χ2n) is 4.97. The largest absolute Gasteiger partial charge is 0.324 e. The minimum absolute atomic E-state index is 0.181. The van der Waals surface area contributed by atoms with Crippen LogP contribution < -0.4 is 11.1 Å². The van der Waals surface area contributed by atoms with Gasteiger partial charge in [0, 0.05) is 21.1 Å². The first-order valence-corrected chi connectivity index (χ1v) is 7.27. The van der Waals surface area contributed by atoms with E-state index in [0.29, 0.717) is 0 Å². The highest BCUT2D eigenvalue weighted by Crippen LogP contribution is 2.36. The molecule has 0 aliphatic carbocycles. The van der Waals surface area contributed by atoms with E-state index in [2.05, 4.69) is 26.3 Å². The van der Waals surface area contributed by atoms with Crippen molar-refractivity contribution in [1.29, 1.82) is 0 Å². The molecule has 3 aromatic rings. The summed E-state index contributed by atoms with van der Waals surface area (Å²) in [4.78, 5) is 11.7. The van der Waals surface area contributed by atoms with Crippen LogP contribution in [-0.2, 0) is 4.79 Å². The van der Waals surface area contributed by atoms with E-state index < -0.39 is 6.04 Å². The second kappa shape index (κ2) is 4.41. The summed E-state index contributed by atoms with van der Waals surface area (Å²) in [5, 5.41) is 8.29. The van der Waals surface area contributed by atoms with Crippen LogP contribution in [0.4, 0.5) is 5.69 Å². The predicted molar refractivity (Wildman–Crippen MR) is 84.3 cm³/mol. The molecule has 1 unspecified atom stereocenters. The highest BCUT2D eigenvalue weighted by atomic mass is 79.9. The van der Waals surface area contributed by atoms with E-state index in [9.17, 15) is 4.79 Å². The van der Waals surface area contributed by atoms with Crippen LogP contribution in [0.5, 0.6) is 0 Å². The lowest BCUT2D eigenvalue weighted by atomic mass is 10.1. The zero-order chi connectivity index (χ0) is 14.6. The number of carbonyl (C=O) groups is 1. The number of nitrogens with one attached hydrogen (secondary N) is 1. The molecule has 0 bridgehead atoms. The average Bonchev–Trinajstić information content (AvgIpc) is 3.02. The van der Waals surface area contributed by atoms with Gasteiger partial charge in [-0.1, -0.05) is 18.2 Å². The van der Waals surface area contributed by atoms with E-state index in [0.717, 1.165) is 32.3 Å². The Morgan fingerprint density at radius 2 is 2.10 bits per heavy atom. The molecule has 1 atom stereocenters. The van der Waals surface area contributed by atoms with Crippen molar-refractivity contribution in [1.82, 2.24) is 9.78 Å². The van der Waals surface area contributed by atoms with Gasteiger partial charge in [0.1, 0.15) is 6.04 Å². The Kier molecular flexibility index (Phi) is 2.63. The summed E-state index contributed by atoms with van der Waals surface area (Å²) in [5.74, 6) is -0.181. The summed E-state index contributed by atoms with van der Waals surface area (Å²) >= 11 is 3.55. The minimum atomic E-state index is -0.611. The van der Waals surface area contributed by atoms with Crippen LogP contribution in [0, 0.1) is 0 Å². The van der Waals surface area contributed by atoms with Gasteiger partial charge in [-0.25, -0.2) is 4.68 Å². The fourth-order valence-corrected chi connectivity index (χ4v) is 3.15. The number of nitrogens with zero attached hydrogens (tertiary/aromatic N) is 2. The number of halogens is 1. The van der Waals surface area contributed by atoms with Gasteiger partial charge in [0.2, 0.25) is 5.91 Å². The third-order valence-electron chi connectivity index (χ3n) is 3.70. The summed E-state index contributed by atoms with van der Waals surface area (Å²) in [6.45, 7) is 0. The van der Waals surface area contributed by atoms with E-state index in [1.165, 1.54) is 0 Å². The second-order valence-corrected chi connectivity index (χ2v) is 5.83. The molecule has 3 N–H and O–H groups in total. The molecule has 5 nitrogen and oxygen atoms in total. The Balaban J connectivity index is 1.94. The summed E-state index contributed by atoms with van der Waals surface area (Å²) in [6.07, 6.45) is 1.82. The first-order chi connectivity index (χ1) is 10.1. The van der Waals surface area contributed by atoms with Crippen molar-refractivity contribution < 1.29 is 4.79 Å². The zero-order valence-electron chi connectivity index (χ0n) is 10.9. The fourth-order valence-electron chi connectivity index (χ4n) is 2.62. The number of nitrogens with two attached hydrogens (primary N) is 1. The highest BCUT2D eigenvalue weighted by molar-refractivity contribution is 9.10. The molecule has 0 fully saturated rings. The molecular weight excluding hydrogens is 332 g/mol. The fraction of sp³-hybridized carbons (Fsp3) is 0.0667. The maximum atomic E-state index is 11.7. The summed E-state index contributed by atoms with van der Waals surface area (Å²) in [6, 6.07) is 11.1. The highest BCUT2D eigenvalue weighted by Gasteiger charge is 2.28. The topological polar surface area (TPSA) is 72.9 Å². The molecule has 2 heterocycles. The molecule has 0 saturated carbocycles. The summed E-state index contributed by atoms with van der Waals surface area (Å²) < 4.78 is 2.69. The monoisotopic (exact) mass is 342 g/mol. The van der Waals surface area contributed by atoms with E-state index in [4.69, 9.17) is 5.73 Å². The lowest BCUT2D eigenvalue weighted by Crippen LogP contribution is -2.19. The van der Waals surface area contributed by atoms with Crippen molar-refractivity contribution in [2.24, 2.45) is 5.73 Å². The van der Waals surface area contributed by atoms with E-state index in [-0.39, 0.29) is 5.91 Å². The van der Waals surface area contributed by atoms with Crippen molar-refractivity contribution in [2.45, 2.75) is 6.04 Å². The number of carbonyl (C=O) groups excluding carboxylic acids is 1. The van der Waals surface area contributed by atoms with Crippen molar-refractivity contribution in [3.8, 4) is 5.69 Å². The Hall–Kier alpha value is -2.18. The number of aromatic nitrogens is 2. The number of amides is 1. The van der Waals surface area contributed by atoms with E-state index >= 15 is 0 Å². The van der Waals surface area contributed by atoms with Gasteiger partial charge in [-0.3, -0.25) is 4.79 Å². The lowest BCUT2D eigenvalue weighted by molar-refractivity contribution is -0.116. The van der Waals surface area contributed by atoms with Gasteiger partial charge < -0.3 is 11.1 Å². The lowest BCUT2D eigenvalue weighted by Gasteiger charge is -2.10. The maximum absolute atomic E-state index is 11.7. The molecule has 1 aliphatic rings. The Morgan fingerprint density at radius 1 is 1.29 bits per heavy atom. The maximum Gasteiger partial charge on any atom is 0.245 e. The van der Waals surface area contributed by atoms with E-state index in [1.54, 1.807) is 0 Å². The van der Waals surface area contributed by atoms with Gasteiger partial charge in [-0.2, -0.15) is 5.10 Å². The first kappa shape index (κ1) is 12.6. The first-order valence-electron chi connectivity index (χ1n) is 6.48. The van der Waals surface area contributed by atoms with Crippen molar-refractivity contribution >= 4 is 38.4 Å². The van der Waals surface area contributed by atoms with Crippen LogP contribution in [0.2, 0.25) is 0 Å². The van der Waals surface area contributed by atoms with Crippen molar-refractivity contribution in [3.63, 3.8) is 0 Å². The molecule has 21 heavy (non-hydrogen) atoms.